The molecule has 2 nitrogen and oxygen atoms in total. The van der Waals surface area contributed by atoms with E-state index >= 15 is 0 Å². The first-order chi connectivity index (χ1) is 5.79. The summed E-state index contributed by atoms with van der Waals surface area (Å²) >= 11 is 0. The summed E-state index contributed by atoms with van der Waals surface area (Å²) < 4.78 is 0. The van der Waals surface area contributed by atoms with Gasteiger partial charge in [0.25, 0.3) is 0 Å². The smallest absolute Gasteiger partial charge is 0.0318 e. The molecule has 0 aliphatic carbocycles. The molecule has 0 radical (unpaired) electrons. The van der Waals surface area contributed by atoms with Crippen molar-refractivity contribution in [1.82, 2.24) is 4.98 Å². The molecule has 0 saturated heterocycles. The van der Waals surface area contributed by atoms with Crippen LogP contribution >= 0.6 is 0 Å². The van der Waals surface area contributed by atoms with E-state index < -0.39 is 0 Å². The number of nitrogens with two attached hydrogens (primary N) is 1. The maximum absolute atomic E-state index is 5.93. The molecular formula is C10H16N2. The van der Waals surface area contributed by atoms with Crippen LogP contribution in [0.25, 0.3) is 0 Å². The lowest BCUT2D eigenvalue weighted by Crippen LogP contribution is -2.11. The van der Waals surface area contributed by atoms with Gasteiger partial charge in [-0.05, 0) is 30.0 Å². The Morgan fingerprint density at radius 1 is 1.50 bits per heavy atom. The van der Waals surface area contributed by atoms with Crippen LogP contribution in [0.5, 0.6) is 0 Å². The highest BCUT2D eigenvalue weighted by Gasteiger charge is 2.06. The molecule has 66 valence electrons. The lowest BCUT2D eigenvalue weighted by atomic mass is 10.0. The molecule has 0 fully saturated rings. The minimum Gasteiger partial charge on any atom is -0.324 e. The van der Waals surface area contributed by atoms with Crippen LogP contribution in [0.15, 0.2) is 18.5 Å². The third-order valence-electron chi connectivity index (χ3n) is 2.17. The topological polar surface area (TPSA) is 38.9 Å². The van der Waals surface area contributed by atoms with Gasteiger partial charge in [0.1, 0.15) is 0 Å². The van der Waals surface area contributed by atoms with Gasteiger partial charge >= 0.3 is 0 Å². The SMILES string of the molecule is CCc1ccncc1[C@H](N)CC. The summed E-state index contributed by atoms with van der Waals surface area (Å²) in [5, 5.41) is 0. The summed E-state index contributed by atoms with van der Waals surface area (Å²) in [6.45, 7) is 4.23. The predicted octanol–water partition coefficient (Wildman–Crippen LogP) is 2.05. The Kier molecular flexibility index (Phi) is 3.23. The van der Waals surface area contributed by atoms with Crippen LogP contribution in [-0.2, 0) is 6.42 Å². The summed E-state index contributed by atoms with van der Waals surface area (Å²) in [5.41, 5.74) is 8.45. The molecule has 0 amide bonds. The van der Waals surface area contributed by atoms with E-state index in [4.69, 9.17) is 5.73 Å². The van der Waals surface area contributed by atoms with Gasteiger partial charge < -0.3 is 5.73 Å². The monoisotopic (exact) mass is 164 g/mol. The zero-order valence-electron chi connectivity index (χ0n) is 7.75. The average molecular weight is 164 g/mol. The molecule has 0 spiro atoms. The first-order valence-corrected chi connectivity index (χ1v) is 4.48. The fraction of sp³-hybridized carbons (Fsp3) is 0.500. The molecule has 1 rings (SSSR count). The van der Waals surface area contributed by atoms with Gasteiger partial charge in [-0.3, -0.25) is 4.98 Å². The van der Waals surface area contributed by atoms with Crippen LogP contribution in [0.1, 0.15) is 37.4 Å². The molecule has 0 aliphatic heterocycles. The lowest BCUT2D eigenvalue weighted by molar-refractivity contribution is 0.686. The van der Waals surface area contributed by atoms with E-state index in [0.29, 0.717) is 0 Å². The average Bonchev–Trinajstić information content (AvgIpc) is 2.16. The number of aryl methyl sites for hydroxylation is 1. The Hall–Kier alpha value is -0.890. The molecule has 1 heterocycles. The van der Waals surface area contributed by atoms with Crippen molar-refractivity contribution in [3.63, 3.8) is 0 Å². The first kappa shape index (κ1) is 9.20. The van der Waals surface area contributed by atoms with Gasteiger partial charge in [0.15, 0.2) is 0 Å². The van der Waals surface area contributed by atoms with Crippen LogP contribution in [0.2, 0.25) is 0 Å². The molecule has 0 aliphatic rings. The van der Waals surface area contributed by atoms with Crippen molar-refractivity contribution in [3.8, 4) is 0 Å². The summed E-state index contributed by atoms with van der Waals surface area (Å²) in [4.78, 5) is 4.08. The van der Waals surface area contributed by atoms with Crippen LogP contribution in [0, 0.1) is 0 Å². The van der Waals surface area contributed by atoms with E-state index in [0.717, 1.165) is 12.8 Å². The zero-order chi connectivity index (χ0) is 8.97. The molecule has 0 unspecified atom stereocenters. The fourth-order valence-electron chi connectivity index (χ4n) is 1.31. The van der Waals surface area contributed by atoms with Gasteiger partial charge in [0.2, 0.25) is 0 Å². The molecule has 0 saturated carbocycles. The van der Waals surface area contributed by atoms with E-state index in [9.17, 15) is 0 Å². The molecule has 1 aromatic rings. The van der Waals surface area contributed by atoms with E-state index in [1.54, 1.807) is 0 Å². The number of aromatic nitrogens is 1. The van der Waals surface area contributed by atoms with Crippen LogP contribution in [-0.4, -0.2) is 4.98 Å². The highest BCUT2D eigenvalue weighted by Crippen LogP contribution is 2.17. The van der Waals surface area contributed by atoms with Crippen molar-refractivity contribution in [2.45, 2.75) is 32.7 Å². The maximum atomic E-state index is 5.93. The van der Waals surface area contributed by atoms with Crippen LogP contribution in [0.4, 0.5) is 0 Å². The van der Waals surface area contributed by atoms with Crippen molar-refractivity contribution in [2.24, 2.45) is 5.73 Å². The van der Waals surface area contributed by atoms with E-state index in [-0.39, 0.29) is 6.04 Å². The fourth-order valence-corrected chi connectivity index (χ4v) is 1.31. The third-order valence-corrected chi connectivity index (χ3v) is 2.17. The Bertz CT molecular complexity index is 245. The summed E-state index contributed by atoms with van der Waals surface area (Å²) in [5.74, 6) is 0. The third kappa shape index (κ3) is 1.83. The standard InChI is InChI=1S/C10H16N2/c1-3-8-5-6-12-7-9(8)10(11)4-2/h5-7,10H,3-4,11H2,1-2H3/t10-/m1/s1. The second-order valence-corrected chi connectivity index (χ2v) is 2.94. The molecule has 2 N–H and O–H groups in total. The Labute approximate surface area is 73.8 Å². The van der Waals surface area contributed by atoms with Crippen LogP contribution < -0.4 is 5.73 Å². The number of nitrogens with zero attached hydrogens (tertiary/aromatic N) is 1. The minimum atomic E-state index is 0.147. The summed E-state index contributed by atoms with van der Waals surface area (Å²) in [6.07, 6.45) is 5.71. The highest BCUT2D eigenvalue weighted by atomic mass is 14.7. The molecule has 0 bridgehead atoms. The Morgan fingerprint density at radius 2 is 2.25 bits per heavy atom. The van der Waals surface area contributed by atoms with Crippen LogP contribution in [0.3, 0.4) is 0 Å². The van der Waals surface area contributed by atoms with Crippen molar-refractivity contribution in [2.75, 3.05) is 0 Å². The normalized spacial score (nSPS) is 12.9. The van der Waals surface area contributed by atoms with Gasteiger partial charge in [0, 0.05) is 18.4 Å². The molecular weight excluding hydrogens is 148 g/mol. The van der Waals surface area contributed by atoms with Crippen molar-refractivity contribution < 1.29 is 0 Å². The number of hydrogen-bond acceptors (Lipinski definition) is 2. The molecule has 12 heavy (non-hydrogen) atoms. The Balaban J connectivity index is 2.96. The van der Waals surface area contributed by atoms with E-state index in [1.807, 2.05) is 18.5 Å². The molecule has 1 aromatic heterocycles. The quantitative estimate of drug-likeness (QED) is 0.742. The summed E-state index contributed by atoms with van der Waals surface area (Å²) in [6, 6.07) is 2.19. The largest absolute Gasteiger partial charge is 0.324 e. The first-order valence-electron chi connectivity index (χ1n) is 4.48. The minimum absolute atomic E-state index is 0.147. The van der Waals surface area contributed by atoms with E-state index in [2.05, 4.69) is 18.8 Å². The van der Waals surface area contributed by atoms with Crippen molar-refractivity contribution >= 4 is 0 Å². The van der Waals surface area contributed by atoms with Gasteiger partial charge in [-0.1, -0.05) is 13.8 Å². The van der Waals surface area contributed by atoms with Gasteiger partial charge in [-0.25, -0.2) is 0 Å². The second kappa shape index (κ2) is 4.21. The lowest BCUT2D eigenvalue weighted by Gasteiger charge is -2.12. The molecule has 0 aromatic carbocycles. The zero-order valence-corrected chi connectivity index (χ0v) is 7.75. The van der Waals surface area contributed by atoms with Gasteiger partial charge in [-0.15, -0.1) is 0 Å². The number of hydrogen-bond donors (Lipinski definition) is 1. The highest BCUT2D eigenvalue weighted by molar-refractivity contribution is 5.25. The second-order valence-electron chi connectivity index (χ2n) is 2.94. The van der Waals surface area contributed by atoms with E-state index in [1.165, 1.54) is 11.1 Å². The predicted molar refractivity (Wildman–Crippen MR) is 50.8 cm³/mol. The summed E-state index contributed by atoms with van der Waals surface area (Å²) in [7, 11) is 0. The Morgan fingerprint density at radius 3 is 2.83 bits per heavy atom. The van der Waals surface area contributed by atoms with Gasteiger partial charge in [0.05, 0.1) is 0 Å². The number of rotatable bonds is 3. The number of pyridine rings is 1. The maximum Gasteiger partial charge on any atom is 0.0318 e. The van der Waals surface area contributed by atoms with Crippen molar-refractivity contribution in [3.05, 3.63) is 29.6 Å². The van der Waals surface area contributed by atoms with Gasteiger partial charge in [-0.2, -0.15) is 0 Å². The molecule has 1 atom stereocenters. The molecule has 2 heteroatoms. The van der Waals surface area contributed by atoms with Crippen molar-refractivity contribution in [1.29, 1.82) is 0 Å².